The first-order chi connectivity index (χ1) is 17.3. The number of aromatic nitrogens is 2. The van der Waals surface area contributed by atoms with E-state index in [1.54, 1.807) is 23.1 Å². The number of anilines is 1. The summed E-state index contributed by atoms with van der Waals surface area (Å²) < 4.78 is 0. The quantitative estimate of drug-likeness (QED) is 0.187. The lowest BCUT2D eigenvalue weighted by Crippen LogP contribution is -2.12. The predicted octanol–water partition coefficient (Wildman–Crippen LogP) is 7.73. The second-order valence-corrected chi connectivity index (χ2v) is 12.0. The van der Waals surface area contributed by atoms with Crippen molar-refractivity contribution >= 4 is 50.9 Å². The summed E-state index contributed by atoms with van der Waals surface area (Å²) in [6, 6.07) is 32.2. The summed E-state index contributed by atoms with van der Waals surface area (Å²) >= 11 is 5.51. The Hall–Kier alpha value is -2.80. The van der Waals surface area contributed by atoms with E-state index in [1.165, 1.54) is 27.1 Å². The van der Waals surface area contributed by atoms with E-state index in [0.717, 1.165) is 34.0 Å². The topological polar surface area (TPSA) is 51.8 Å². The van der Waals surface area contributed by atoms with Gasteiger partial charge >= 0.3 is 0 Å². The predicted molar refractivity (Wildman–Crippen MR) is 151 cm³/mol. The Bertz CT molecular complexity index is 1440. The molecule has 1 aliphatic rings. The number of nitrogen functional groups attached to an aromatic ring is 1. The maximum absolute atomic E-state index is 6.61. The molecule has 0 fully saturated rings. The highest BCUT2D eigenvalue weighted by molar-refractivity contribution is 8.00. The summed E-state index contributed by atoms with van der Waals surface area (Å²) in [6.45, 7) is 0. The molecule has 0 unspecified atom stereocenters. The first-order valence-electron chi connectivity index (χ1n) is 11.8. The van der Waals surface area contributed by atoms with Crippen LogP contribution in [-0.2, 0) is 12.8 Å². The number of rotatable bonds is 6. The lowest BCUT2D eigenvalue weighted by atomic mass is 9.98. The second-order valence-electron chi connectivity index (χ2n) is 8.63. The lowest BCUT2D eigenvalue weighted by Gasteiger charge is -2.30. The number of benzene rings is 3. The fraction of sp³-hybridized carbons (Fsp3) is 0.172. The highest BCUT2D eigenvalue weighted by Crippen LogP contribution is 2.55. The van der Waals surface area contributed by atoms with Crippen molar-refractivity contribution in [2.24, 2.45) is 0 Å². The molecule has 35 heavy (non-hydrogen) atoms. The minimum Gasteiger partial charge on any atom is -0.383 e. The number of thiophene rings is 1. The minimum absolute atomic E-state index is 0.262. The van der Waals surface area contributed by atoms with Crippen molar-refractivity contribution in [1.29, 1.82) is 0 Å². The molecule has 0 spiro atoms. The molecule has 3 heterocycles. The van der Waals surface area contributed by atoms with Gasteiger partial charge in [0.1, 0.15) is 10.6 Å². The molecular weight excluding hydrogens is 487 g/mol. The van der Waals surface area contributed by atoms with E-state index in [9.17, 15) is 0 Å². The number of hydrogen-bond acceptors (Lipinski definition) is 6. The maximum atomic E-state index is 6.61. The van der Waals surface area contributed by atoms with Crippen LogP contribution in [0.15, 0.2) is 96.2 Å². The molecule has 6 rings (SSSR count). The van der Waals surface area contributed by atoms with Crippen LogP contribution in [0.4, 0.5) is 5.82 Å². The van der Waals surface area contributed by atoms with Gasteiger partial charge in [0.15, 0.2) is 5.16 Å². The lowest BCUT2D eigenvalue weighted by molar-refractivity contribution is 0.893. The van der Waals surface area contributed by atoms with E-state index in [2.05, 4.69) is 91.0 Å². The SMILES string of the molecule is Nc1nc(SCCc2ccccc2)nc2sc3c(c12)C[C@@H](c1ccccc1)S[C@H]3c1ccccc1. The highest BCUT2D eigenvalue weighted by Gasteiger charge is 2.34. The third-order valence-corrected chi connectivity index (χ3v) is 10.1. The van der Waals surface area contributed by atoms with E-state index in [1.807, 2.05) is 11.8 Å². The molecule has 0 saturated heterocycles. The molecule has 0 radical (unpaired) electrons. The van der Waals surface area contributed by atoms with Crippen LogP contribution in [0, 0.1) is 0 Å². The van der Waals surface area contributed by atoms with Gasteiger partial charge in [0.25, 0.3) is 0 Å². The number of fused-ring (bicyclic) bond motifs is 3. The minimum atomic E-state index is 0.262. The molecular formula is C29H25N3S3. The Balaban J connectivity index is 1.36. The van der Waals surface area contributed by atoms with Gasteiger partial charge in [-0.1, -0.05) is 103 Å². The van der Waals surface area contributed by atoms with Crippen LogP contribution in [0.3, 0.4) is 0 Å². The zero-order valence-electron chi connectivity index (χ0n) is 19.1. The summed E-state index contributed by atoms with van der Waals surface area (Å²) in [4.78, 5) is 12.1. The smallest absolute Gasteiger partial charge is 0.190 e. The Morgan fingerprint density at radius 3 is 2.20 bits per heavy atom. The third kappa shape index (κ3) is 4.70. The Morgan fingerprint density at radius 2 is 1.49 bits per heavy atom. The van der Waals surface area contributed by atoms with Crippen molar-refractivity contribution in [2.75, 3.05) is 11.5 Å². The van der Waals surface area contributed by atoms with Gasteiger partial charge in [0.2, 0.25) is 0 Å². The van der Waals surface area contributed by atoms with E-state index in [0.29, 0.717) is 11.1 Å². The van der Waals surface area contributed by atoms with Crippen LogP contribution < -0.4 is 5.73 Å². The number of hydrogen-bond donors (Lipinski definition) is 1. The average Bonchev–Trinajstić information content (AvgIpc) is 3.29. The standard InChI is InChI=1S/C29H25N3S3/c30-27-24-22-18-23(20-12-6-2-7-13-20)34-25(21-14-8-3-9-15-21)26(22)35-28(24)32-29(31-27)33-17-16-19-10-4-1-5-11-19/h1-15,23,25H,16-18H2,(H2,30,31,32)/t23-,25-/m0/s1. The third-order valence-electron chi connectivity index (χ3n) is 6.36. The normalized spacial score (nSPS) is 17.4. The molecule has 2 atom stereocenters. The van der Waals surface area contributed by atoms with E-state index in [-0.39, 0.29) is 5.25 Å². The van der Waals surface area contributed by atoms with Crippen molar-refractivity contribution in [3.8, 4) is 0 Å². The molecule has 2 aromatic heterocycles. The molecule has 0 saturated carbocycles. The van der Waals surface area contributed by atoms with Gasteiger partial charge in [0, 0.05) is 15.9 Å². The maximum Gasteiger partial charge on any atom is 0.190 e. The van der Waals surface area contributed by atoms with Gasteiger partial charge in [-0.25, -0.2) is 9.97 Å². The molecule has 5 aromatic rings. The number of aryl methyl sites for hydroxylation is 1. The van der Waals surface area contributed by atoms with Gasteiger partial charge < -0.3 is 5.73 Å². The zero-order chi connectivity index (χ0) is 23.6. The van der Waals surface area contributed by atoms with Crippen molar-refractivity contribution in [1.82, 2.24) is 9.97 Å². The molecule has 3 nitrogen and oxygen atoms in total. The van der Waals surface area contributed by atoms with E-state index in [4.69, 9.17) is 15.7 Å². The summed E-state index contributed by atoms with van der Waals surface area (Å²) in [5.74, 6) is 1.54. The van der Waals surface area contributed by atoms with Crippen molar-refractivity contribution in [3.05, 3.63) is 118 Å². The summed E-state index contributed by atoms with van der Waals surface area (Å²) in [7, 11) is 0. The van der Waals surface area contributed by atoms with Crippen LogP contribution in [0.25, 0.3) is 10.2 Å². The molecule has 0 amide bonds. The Kier molecular flexibility index (Phi) is 6.51. The summed E-state index contributed by atoms with van der Waals surface area (Å²) in [5.41, 5.74) is 12.0. The van der Waals surface area contributed by atoms with E-state index < -0.39 is 0 Å². The van der Waals surface area contributed by atoms with Crippen LogP contribution in [0.2, 0.25) is 0 Å². The fourth-order valence-corrected chi connectivity index (χ4v) is 8.56. The average molecular weight is 512 g/mol. The molecule has 1 aliphatic heterocycles. The molecule has 174 valence electrons. The first kappa shape index (κ1) is 22.7. The van der Waals surface area contributed by atoms with Crippen LogP contribution >= 0.6 is 34.9 Å². The fourth-order valence-electron chi connectivity index (χ4n) is 4.65. The summed E-state index contributed by atoms with van der Waals surface area (Å²) in [6.07, 6.45) is 1.93. The first-order valence-corrected chi connectivity index (χ1v) is 14.5. The van der Waals surface area contributed by atoms with Crippen molar-refractivity contribution in [2.45, 2.75) is 28.5 Å². The van der Waals surface area contributed by atoms with Crippen molar-refractivity contribution < 1.29 is 0 Å². The number of thioether (sulfide) groups is 2. The molecule has 6 heteroatoms. The largest absolute Gasteiger partial charge is 0.383 e. The number of nitrogens with two attached hydrogens (primary N) is 1. The van der Waals surface area contributed by atoms with Gasteiger partial charge in [0.05, 0.1) is 10.6 Å². The monoisotopic (exact) mass is 511 g/mol. The van der Waals surface area contributed by atoms with E-state index >= 15 is 0 Å². The highest BCUT2D eigenvalue weighted by atomic mass is 32.2. The zero-order valence-corrected chi connectivity index (χ0v) is 21.6. The van der Waals surface area contributed by atoms with Gasteiger partial charge in [-0.15, -0.1) is 23.1 Å². The Labute approximate surface area is 218 Å². The number of nitrogens with zero attached hydrogens (tertiary/aromatic N) is 2. The Morgan fingerprint density at radius 1 is 0.829 bits per heavy atom. The second kappa shape index (κ2) is 10.1. The van der Waals surface area contributed by atoms with Crippen molar-refractivity contribution in [3.63, 3.8) is 0 Å². The van der Waals surface area contributed by atoms with Crippen LogP contribution in [0.5, 0.6) is 0 Å². The summed E-state index contributed by atoms with van der Waals surface area (Å²) in [5, 5.41) is 2.46. The molecule has 3 aromatic carbocycles. The van der Waals surface area contributed by atoms with Gasteiger partial charge in [-0.3, -0.25) is 0 Å². The van der Waals surface area contributed by atoms with Gasteiger partial charge in [-0.2, -0.15) is 0 Å². The van der Waals surface area contributed by atoms with Crippen LogP contribution in [-0.4, -0.2) is 15.7 Å². The molecule has 0 aliphatic carbocycles. The molecule has 2 N–H and O–H groups in total. The van der Waals surface area contributed by atoms with Crippen LogP contribution in [0.1, 0.15) is 37.6 Å². The molecule has 0 bridgehead atoms. The van der Waals surface area contributed by atoms with Gasteiger partial charge in [-0.05, 0) is 35.1 Å².